The molecule has 0 saturated carbocycles. The Balaban J connectivity index is 1.61. The van der Waals surface area contributed by atoms with Crippen molar-refractivity contribution in [2.75, 3.05) is 0 Å². The molecule has 2 aliphatic carbocycles. The van der Waals surface area contributed by atoms with Crippen LogP contribution in [-0.2, 0) is 38.9 Å². The van der Waals surface area contributed by atoms with Gasteiger partial charge in [-0.2, -0.15) is 0 Å². The van der Waals surface area contributed by atoms with E-state index in [-0.39, 0.29) is 0 Å². The van der Waals surface area contributed by atoms with Gasteiger partial charge in [0.05, 0.1) is 0 Å². The van der Waals surface area contributed by atoms with E-state index in [1.54, 1.807) is 23.2 Å². The topological polar surface area (TPSA) is 0 Å². The predicted molar refractivity (Wildman–Crippen MR) is 124 cm³/mol. The van der Waals surface area contributed by atoms with Crippen LogP contribution in [0.3, 0.4) is 0 Å². The van der Waals surface area contributed by atoms with E-state index in [1.165, 1.54) is 24.0 Å². The van der Waals surface area contributed by atoms with E-state index in [0.29, 0.717) is 0 Å². The summed E-state index contributed by atoms with van der Waals surface area (Å²) < 4.78 is 12.0. The van der Waals surface area contributed by atoms with E-state index in [1.807, 2.05) is 0 Å². The van der Waals surface area contributed by atoms with Gasteiger partial charge < -0.3 is 0 Å². The van der Waals surface area contributed by atoms with E-state index in [2.05, 4.69) is 91.4 Å². The van der Waals surface area contributed by atoms with Crippen LogP contribution in [0.4, 0.5) is 0 Å². The van der Waals surface area contributed by atoms with Gasteiger partial charge in [0.25, 0.3) is 0 Å². The zero-order valence-electron chi connectivity index (χ0n) is 18.4. The van der Waals surface area contributed by atoms with Crippen LogP contribution in [0.5, 0.6) is 0 Å². The van der Waals surface area contributed by atoms with Crippen LogP contribution in [0.1, 0.15) is 42.3 Å². The normalized spacial score (nSPS) is 24.7. The summed E-state index contributed by atoms with van der Waals surface area (Å²) in [6.07, 6.45) is 13.3. The number of fused-ring (bicyclic) bond motifs is 2. The molecule has 5 rings (SSSR count). The van der Waals surface area contributed by atoms with Crippen molar-refractivity contribution in [2.24, 2.45) is 0 Å². The Morgan fingerprint density at radius 3 is 1.52 bits per heavy atom. The first-order valence-electron chi connectivity index (χ1n) is 11.4. The first kappa shape index (κ1) is 20.8. The van der Waals surface area contributed by atoms with Gasteiger partial charge in [-0.15, -0.1) is 0 Å². The van der Waals surface area contributed by atoms with E-state index in [4.69, 9.17) is 0 Å². The first-order valence-corrected chi connectivity index (χ1v) is 33.9. The summed E-state index contributed by atoms with van der Waals surface area (Å²) >= 11 is -4.83. The molecule has 29 heavy (non-hydrogen) atoms. The fourth-order valence-electron chi connectivity index (χ4n) is 7.45. The third kappa shape index (κ3) is 3.01. The van der Waals surface area contributed by atoms with Gasteiger partial charge in [0.2, 0.25) is 0 Å². The second kappa shape index (κ2) is 7.50. The van der Waals surface area contributed by atoms with Crippen LogP contribution in [0.15, 0.2) is 60.7 Å². The summed E-state index contributed by atoms with van der Waals surface area (Å²) in [4.78, 5) is 0. The Kier molecular flexibility index (Phi) is 5.37. The molecule has 0 bridgehead atoms. The molecule has 1 fully saturated rings. The zero-order valence-corrected chi connectivity index (χ0v) is 24.3. The van der Waals surface area contributed by atoms with Crippen LogP contribution < -0.4 is 0 Å². The molecule has 2 unspecified atom stereocenters. The molecule has 0 aromatic heterocycles. The third-order valence-electron chi connectivity index (χ3n) is 9.08. The Hall–Kier alpha value is -0.0969. The van der Waals surface area contributed by atoms with Gasteiger partial charge in [0, 0.05) is 0 Å². The molecule has 2 atom stereocenters. The molecule has 1 heterocycles. The van der Waals surface area contributed by atoms with E-state index < -0.39 is 41.2 Å². The summed E-state index contributed by atoms with van der Waals surface area (Å²) in [6.45, 7) is 0. The molecule has 0 radical (unpaired) electrons. The number of hydrogen-bond donors (Lipinski definition) is 0. The van der Waals surface area contributed by atoms with Gasteiger partial charge >= 0.3 is 187 Å². The first-order chi connectivity index (χ1) is 13.9. The SMILES string of the molecule is [CH3][Zr]([CH3])([CH]1C=Cc2ccccc21)[Si]1([Zr]([CH3])([CH3])[CH]2C=Cc3ccccc32)CCCC1. The maximum absolute atomic E-state index is 2.90. The molecule has 0 amide bonds. The van der Waals surface area contributed by atoms with Crippen molar-refractivity contribution >= 4 is 14.5 Å². The average Bonchev–Trinajstić information content (AvgIpc) is 3.45. The van der Waals surface area contributed by atoms with Crippen molar-refractivity contribution < 1.29 is 38.9 Å². The van der Waals surface area contributed by atoms with Gasteiger partial charge in [-0.1, -0.05) is 0 Å². The fraction of sp³-hybridized carbons (Fsp3) is 0.385. The number of rotatable bonds is 4. The molecule has 2 aromatic rings. The van der Waals surface area contributed by atoms with Crippen molar-refractivity contribution in [3.8, 4) is 0 Å². The second-order valence-corrected chi connectivity index (χ2v) is 72.2. The van der Waals surface area contributed by atoms with Crippen molar-refractivity contribution in [1.82, 2.24) is 0 Å². The summed E-state index contributed by atoms with van der Waals surface area (Å²) in [7, 11) is 0. The molecular weight excluding hydrogens is 523 g/mol. The summed E-state index contributed by atoms with van der Waals surface area (Å²) in [5.74, 6) is 0. The van der Waals surface area contributed by atoms with Gasteiger partial charge in [-0.25, -0.2) is 0 Å². The van der Waals surface area contributed by atoms with Crippen molar-refractivity contribution in [3.05, 3.63) is 82.9 Å². The van der Waals surface area contributed by atoms with Crippen LogP contribution >= 0.6 is 0 Å². The standard InChI is InChI=1S/2C9H7.C4H8Si.4CH3.2Zr/c2*1-2-5-9-7-3-6-8(9)4-1;1-2-4-5-3-1;;;;;;/h2*1-7H;1-4H2;4*1H3;;. The second-order valence-electron chi connectivity index (χ2n) is 10.7. The zero-order chi connectivity index (χ0) is 20.3. The van der Waals surface area contributed by atoms with Gasteiger partial charge in [0.15, 0.2) is 0 Å². The molecule has 3 heteroatoms. The van der Waals surface area contributed by atoms with Crippen molar-refractivity contribution in [2.45, 2.75) is 50.7 Å². The molecular formula is C26H34SiZr2. The van der Waals surface area contributed by atoms with E-state index >= 15 is 0 Å². The maximum atomic E-state index is 2.90. The van der Waals surface area contributed by atoms with E-state index in [9.17, 15) is 0 Å². The molecule has 1 aliphatic heterocycles. The van der Waals surface area contributed by atoms with Crippen LogP contribution in [-0.4, -0.2) is 2.33 Å². The van der Waals surface area contributed by atoms with Crippen molar-refractivity contribution in [1.29, 1.82) is 0 Å². The van der Waals surface area contributed by atoms with Crippen LogP contribution in [0.2, 0.25) is 30.6 Å². The Morgan fingerprint density at radius 2 is 1.07 bits per heavy atom. The minimum absolute atomic E-state index is 0.821. The third-order valence-corrected chi connectivity index (χ3v) is 130. The van der Waals surface area contributed by atoms with Gasteiger partial charge in [0.1, 0.15) is 0 Å². The van der Waals surface area contributed by atoms with Crippen molar-refractivity contribution in [3.63, 3.8) is 0 Å². The molecule has 0 nitrogen and oxygen atoms in total. The number of benzene rings is 2. The average molecular weight is 557 g/mol. The Bertz CT molecular complexity index is 920. The van der Waals surface area contributed by atoms with Crippen LogP contribution in [0, 0.1) is 0 Å². The predicted octanol–water partition coefficient (Wildman–Crippen LogP) is 8.26. The molecule has 0 spiro atoms. The fourth-order valence-corrected chi connectivity index (χ4v) is 157. The quantitative estimate of drug-likeness (QED) is 0.333. The van der Waals surface area contributed by atoms with Gasteiger partial charge in [-0.05, 0) is 0 Å². The Labute approximate surface area is 185 Å². The number of allylic oxidation sites excluding steroid dienone is 2. The molecule has 1 saturated heterocycles. The molecule has 0 N–H and O–H groups in total. The van der Waals surface area contributed by atoms with E-state index in [0.717, 1.165) is 7.25 Å². The number of hydrogen-bond acceptors (Lipinski definition) is 0. The monoisotopic (exact) mass is 554 g/mol. The minimum atomic E-state index is -2.41. The Morgan fingerprint density at radius 1 is 0.655 bits per heavy atom. The van der Waals surface area contributed by atoms with Crippen LogP contribution in [0.25, 0.3) is 12.2 Å². The van der Waals surface area contributed by atoms with Gasteiger partial charge in [-0.3, -0.25) is 0 Å². The summed E-state index contributed by atoms with van der Waals surface area (Å²) in [5, 5.41) is 0. The summed E-state index contributed by atoms with van der Waals surface area (Å²) in [6, 6.07) is 22.0. The molecule has 3 aliphatic rings. The summed E-state index contributed by atoms with van der Waals surface area (Å²) in [5.41, 5.74) is 6.42. The molecule has 150 valence electrons. The molecule has 2 aromatic carbocycles.